The average molecular weight is 800 g/mol. The Bertz CT molecular complexity index is 2550. The summed E-state index contributed by atoms with van der Waals surface area (Å²) in [5, 5.41) is 21.5. The summed E-state index contributed by atoms with van der Waals surface area (Å²) in [6, 6.07) is 9.50. The number of rotatable bonds is 10. The highest BCUT2D eigenvalue weighted by atomic mass is 32.2. The zero-order valence-electron chi connectivity index (χ0n) is 30.3. The Kier molecular flexibility index (Phi) is 9.68. The SMILES string of the molecule is Cn1nc(NS(C)(=O)=O)c2cccc(-c3ccc(C#CC(C)(C)O)nc3[C@H](Cc3cc(F)cc(F)c3)NC(=O)Cn3nc(C(F)F)c4c3C(F)(F)[C@@H]3CC[C@H]43)c21. The Morgan fingerprint density at radius 3 is 2.39 bits per heavy atom. The van der Waals surface area contributed by atoms with Crippen LogP contribution < -0.4 is 10.0 Å². The van der Waals surface area contributed by atoms with Crippen LogP contribution in [-0.4, -0.2) is 55.8 Å². The maximum Gasteiger partial charge on any atom is 0.293 e. The van der Waals surface area contributed by atoms with Crippen molar-refractivity contribution in [2.45, 2.75) is 69.6 Å². The molecule has 0 aliphatic heterocycles. The van der Waals surface area contributed by atoms with E-state index in [0.717, 1.165) is 18.4 Å². The van der Waals surface area contributed by atoms with Crippen LogP contribution in [0.3, 0.4) is 0 Å². The summed E-state index contributed by atoms with van der Waals surface area (Å²) in [6.07, 6.45) is -2.10. The number of carbonyl (C=O) groups excluding carboxylic acids is 1. The maximum absolute atomic E-state index is 15.6. The third kappa shape index (κ3) is 7.44. The van der Waals surface area contributed by atoms with Crippen LogP contribution in [0, 0.1) is 29.4 Å². The molecule has 0 unspecified atom stereocenters. The highest BCUT2D eigenvalue weighted by Crippen LogP contribution is 2.63. The predicted octanol–water partition coefficient (Wildman–Crippen LogP) is 6.24. The maximum atomic E-state index is 15.6. The van der Waals surface area contributed by atoms with E-state index in [-0.39, 0.29) is 47.6 Å². The number of para-hydroxylation sites is 1. The van der Waals surface area contributed by atoms with Crippen molar-refractivity contribution in [1.29, 1.82) is 0 Å². The lowest BCUT2D eigenvalue weighted by Gasteiger charge is -2.34. The summed E-state index contributed by atoms with van der Waals surface area (Å²) < 4.78 is 117. The van der Waals surface area contributed by atoms with Crippen LogP contribution in [0.1, 0.15) is 79.0 Å². The highest BCUT2D eigenvalue weighted by molar-refractivity contribution is 7.92. The molecule has 0 spiro atoms. The molecule has 0 bridgehead atoms. The van der Waals surface area contributed by atoms with Crippen LogP contribution in [0.4, 0.5) is 32.2 Å². The molecule has 56 heavy (non-hydrogen) atoms. The number of anilines is 1. The van der Waals surface area contributed by atoms with Gasteiger partial charge in [0.05, 0.1) is 23.5 Å². The quantitative estimate of drug-likeness (QED) is 0.112. The Morgan fingerprint density at radius 2 is 1.77 bits per heavy atom. The van der Waals surface area contributed by atoms with E-state index >= 15 is 8.78 Å². The molecule has 3 aromatic heterocycles. The molecule has 0 radical (unpaired) electrons. The van der Waals surface area contributed by atoms with Crippen molar-refractivity contribution >= 4 is 32.7 Å². The zero-order chi connectivity index (χ0) is 40.5. The van der Waals surface area contributed by atoms with Gasteiger partial charge in [-0.25, -0.2) is 31.0 Å². The van der Waals surface area contributed by atoms with E-state index in [1.165, 1.54) is 24.6 Å². The molecule has 2 aromatic carbocycles. The number of sulfonamides is 1. The molecule has 294 valence electrons. The van der Waals surface area contributed by atoms with E-state index in [0.29, 0.717) is 32.8 Å². The fourth-order valence-corrected chi connectivity index (χ4v) is 8.06. The van der Waals surface area contributed by atoms with Gasteiger partial charge in [-0.3, -0.25) is 18.9 Å². The summed E-state index contributed by atoms with van der Waals surface area (Å²) in [5.41, 5.74) is -1.81. The fourth-order valence-electron chi connectivity index (χ4n) is 7.56. The molecule has 18 heteroatoms. The molecule has 3 N–H and O–H groups in total. The average Bonchev–Trinajstić information content (AvgIpc) is 3.63. The predicted molar refractivity (Wildman–Crippen MR) is 193 cm³/mol. The van der Waals surface area contributed by atoms with Crippen molar-refractivity contribution in [2.24, 2.45) is 13.0 Å². The number of nitrogens with one attached hydrogen (secondary N) is 2. The molecule has 3 heterocycles. The first kappa shape index (κ1) is 38.8. The van der Waals surface area contributed by atoms with Gasteiger partial charge in [0.1, 0.15) is 40.9 Å². The van der Waals surface area contributed by atoms with Crippen molar-refractivity contribution in [3.63, 3.8) is 0 Å². The van der Waals surface area contributed by atoms with Crippen molar-refractivity contribution in [1.82, 2.24) is 29.9 Å². The summed E-state index contributed by atoms with van der Waals surface area (Å²) in [7, 11) is -2.18. The van der Waals surface area contributed by atoms with Gasteiger partial charge in [0, 0.05) is 41.1 Å². The number of fused-ring (bicyclic) bond motifs is 4. The Balaban J connectivity index is 1.37. The molecule has 1 fully saturated rings. The first-order chi connectivity index (χ1) is 26.2. The zero-order valence-corrected chi connectivity index (χ0v) is 31.2. The first-order valence-electron chi connectivity index (χ1n) is 17.4. The second kappa shape index (κ2) is 14.0. The van der Waals surface area contributed by atoms with E-state index in [2.05, 4.69) is 32.1 Å². The molecule has 5 aromatic rings. The number of hydrogen-bond donors (Lipinski definition) is 3. The number of amides is 1. The minimum absolute atomic E-state index is 0.0225. The third-order valence-corrected chi connectivity index (χ3v) is 10.4. The summed E-state index contributed by atoms with van der Waals surface area (Å²) in [4.78, 5) is 18.7. The van der Waals surface area contributed by atoms with Gasteiger partial charge in [0.15, 0.2) is 5.82 Å². The molecule has 2 aliphatic carbocycles. The smallest absolute Gasteiger partial charge is 0.293 e. The molecule has 7 rings (SSSR count). The lowest BCUT2D eigenvalue weighted by molar-refractivity contribution is -0.123. The van der Waals surface area contributed by atoms with Crippen LogP contribution in [-0.2, 0) is 40.8 Å². The van der Waals surface area contributed by atoms with Crippen LogP contribution in [0.2, 0.25) is 0 Å². The van der Waals surface area contributed by atoms with E-state index < -0.39 is 81.3 Å². The third-order valence-electron chi connectivity index (χ3n) is 9.83. The van der Waals surface area contributed by atoms with E-state index in [9.17, 15) is 35.9 Å². The number of aromatic nitrogens is 5. The van der Waals surface area contributed by atoms with Gasteiger partial charge in [-0.1, -0.05) is 18.1 Å². The summed E-state index contributed by atoms with van der Waals surface area (Å²) in [5.74, 6) is -2.84. The molecule has 1 saturated carbocycles. The second-order valence-electron chi connectivity index (χ2n) is 14.6. The number of alkyl halides is 4. The number of halogens is 6. The number of benzene rings is 2. The molecule has 3 atom stereocenters. The van der Waals surface area contributed by atoms with Crippen molar-refractivity contribution < 1.29 is 44.7 Å². The Hall–Kier alpha value is -5.41. The van der Waals surface area contributed by atoms with Gasteiger partial charge in [-0.05, 0) is 80.8 Å². The molecule has 0 saturated heterocycles. The lowest BCUT2D eigenvalue weighted by atomic mass is 9.73. The van der Waals surface area contributed by atoms with Crippen molar-refractivity contribution in [3.8, 4) is 23.0 Å². The molecular formula is C38H35F6N7O4S. The topological polar surface area (TPSA) is 144 Å². The van der Waals surface area contributed by atoms with Crippen molar-refractivity contribution in [2.75, 3.05) is 11.0 Å². The van der Waals surface area contributed by atoms with Gasteiger partial charge in [-0.15, -0.1) is 0 Å². The minimum Gasteiger partial charge on any atom is -0.378 e. The van der Waals surface area contributed by atoms with E-state index in [1.807, 2.05) is 0 Å². The van der Waals surface area contributed by atoms with Gasteiger partial charge in [-0.2, -0.15) is 19.0 Å². The second-order valence-corrected chi connectivity index (χ2v) is 16.4. The van der Waals surface area contributed by atoms with E-state index in [4.69, 9.17) is 4.98 Å². The number of pyridine rings is 1. The van der Waals surface area contributed by atoms with Crippen LogP contribution in [0.15, 0.2) is 48.5 Å². The van der Waals surface area contributed by atoms with Gasteiger partial charge in [0.2, 0.25) is 15.9 Å². The van der Waals surface area contributed by atoms with Crippen molar-refractivity contribution in [3.05, 3.63) is 94.1 Å². The standard InChI is InChI=1S/C38H35F6N7O4S/c1-37(2,53)13-12-22-8-9-23(24-6-5-7-26-33(24)50(3)48-36(26)49-56(4,54)55)31(45-22)28(16-19-14-20(39)17-21(40)15-19)46-29(52)18-51-34-30(32(47-51)35(41)42)25-10-11-27(25)38(34,43)44/h5-9,14-15,17,25,27-28,35,53H,10-11,16,18H2,1-4H3,(H,46,52)(H,48,49)/t25-,27+,28-/m0/s1. The molecule has 1 amide bonds. The molecule has 11 nitrogen and oxygen atoms in total. The van der Waals surface area contributed by atoms with Gasteiger partial charge in [0.25, 0.3) is 12.3 Å². The Labute approximate surface area is 317 Å². The lowest BCUT2D eigenvalue weighted by Crippen LogP contribution is -2.36. The number of aliphatic hydroxyl groups is 1. The monoisotopic (exact) mass is 799 g/mol. The number of carbonyl (C=O) groups is 1. The molecule has 2 aliphatic rings. The first-order valence-corrected chi connectivity index (χ1v) is 19.3. The van der Waals surface area contributed by atoms with Gasteiger partial charge < -0.3 is 10.4 Å². The van der Waals surface area contributed by atoms with Gasteiger partial charge >= 0.3 is 0 Å². The van der Waals surface area contributed by atoms with Crippen LogP contribution in [0.5, 0.6) is 0 Å². The Morgan fingerprint density at radius 1 is 1.05 bits per heavy atom. The number of hydrogen-bond acceptors (Lipinski definition) is 7. The number of nitrogens with zero attached hydrogens (tertiary/aromatic N) is 5. The van der Waals surface area contributed by atoms with Crippen LogP contribution >= 0.6 is 0 Å². The van der Waals surface area contributed by atoms with E-state index in [1.54, 1.807) is 31.3 Å². The number of aryl methyl sites for hydroxylation is 1. The summed E-state index contributed by atoms with van der Waals surface area (Å²) >= 11 is 0. The fraction of sp³-hybridized carbons (Fsp3) is 0.368. The molecular weight excluding hydrogens is 765 g/mol. The minimum atomic E-state index is -3.75. The normalized spacial score (nSPS) is 17.9. The highest BCUT2D eigenvalue weighted by Gasteiger charge is 2.62. The summed E-state index contributed by atoms with van der Waals surface area (Å²) in [6.45, 7) is 1.99. The van der Waals surface area contributed by atoms with Crippen LogP contribution in [0.25, 0.3) is 22.0 Å². The largest absolute Gasteiger partial charge is 0.378 e.